The van der Waals surface area contributed by atoms with Crippen LogP contribution in [-0.2, 0) is 4.79 Å². The number of nitrogens with one attached hydrogen (secondary N) is 1. The number of nitrogens with zero attached hydrogens (tertiary/aromatic N) is 7. The molecule has 4 aromatic rings. The highest BCUT2D eigenvalue weighted by atomic mass is 35.5. The van der Waals surface area contributed by atoms with Crippen molar-refractivity contribution in [2.45, 2.75) is 26.0 Å². The van der Waals surface area contributed by atoms with Crippen LogP contribution in [0.5, 0.6) is 5.75 Å². The van der Waals surface area contributed by atoms with Gasteiger partial charge in [0.1, 0.15) is 11.4 Å². The van der Waals surface area contributed by atoms with E-state index in [0.29, 0.717) is 24.1 Å². The van der Waals surface area contributed by atoms with Crippen LogP contribution in [0.3, 0.4) is 0 Å². The van der Waals surface area contributed by atoms with Crippen molar-refractivity contribution in [2.24, 2.45) is 11.8 Å². The Bertz CT molecular complexity index is 1650. The molecule has 1 aliphatic carbocycles. The summed E-state index contributed by atoms with van der Waals surface area (Å²) in [4.78, 5) is 43.5. The molecule has 4 heterocycles. The molecule has 0 bridgehead atoms. The molecule has 2 amide bonds. The second kappa shape index (κ2) is 10.4. The smallest absolute Gasteiger partial charge is 0.387 e. The molecule has 3 aromatic heterocycles. The van der Waals surface area contributed by atoms with Crippen LogP contribution in [0.2, 0.25) is 5.02 Å². The third-order valence-corrected chi connectivity index (χ3v) is 7.25. The van der Waals surface area contributed by atoms with E-state index in [1.165, 1.54) is 6.20 Å². The fraction of sp³-hybridized carbons (Fsp3) is 0.269. The first kappa shape index (κ1) is 26.6. The van der Waals surface area contributed by atoms with Gasteiger partial charge < -0.3 is 10.1 Å². The lowest BCUT2D eigenvalue weighted by molar-refractivity contribution is -0.118. The predicted octanol–water partition coefficient (Wildman–Crippen LogP) is 4.37. The Morgan fingerprint density at radius 2 is 1.95 bits per heavy atom. The van der Waals surface area contributed by atoms with E-state index < -0.39 is 29.6 Å². The van der Waals surface area contributed by atoms with Gasteiger partial charge >= 0.3 is 6.61 Å². The van der Waals surface area contributed by atoms with Crippen molar-refractivity contribution in [3.05, 3.63) is 71.4 Å². The van der Waals surface area contributed by atoms with Gasteiger partial charge in [-0.2, -0.15) is 13.9 Å². The number of carbonyl (C=O) groups excluding carboxylic acids is 2. The molecule has 0 radical (unpaired) electrons. The summed E-state index contributed by atoms with van der Waals surface area (Å²) < 4.78 is 46.5. The summed E-state index contributed by atoms with van der Waals surface area (Å²) in [6, 6.07) is 1.83. The first-order valence-electron chi connectivity index (χ1n) is 12.4. The van der Waals surface area contributed by atoms with E-state index in [0.717, 1.165) is 36.5 Å². The predicted molar refractivity (Wildman–Crippen MR) is 139 cm³/mol. The van der Waals surface area contributed by atoms with E-state index in [9.17, 15) is 22.8 Å². The van der Waals surface area contributed by atoms with Crippen molar-refractivity contribution >= 4 is 35.1 Å². The Morgan fingerprint density at radius 3 is 2.66 bits per heavy atom. The van der Waals surface area contributed by atoms with E-state index in [4.69, 9.17) is 11.6 Å². The number of alkyl halides is 2. The van der Waals surface area contributed by atoms with Crippen molar-refractivity contribution < 1.29 is 27.5 Å². The van der Waals surface area contributed by atoms with Gasteiger partial charge in [-0.25, -0.2) is 19.3 Å². The van der Waals surface area contributed by atoms with Crippen molar-refractivity contribution in [2.75, 3.05) is 16.8 Å². The summed E-state index contributed by atoms with van der Waals surface area (Å²) in [6.07, 6.45) is 9.43. The molecule has 210 valence electrons. The first-order chi connectivity index (χ1) is 19.7. The molecule has 11 nitrogen and oxygen atoms in total. The summed E-state index contributed by atoms with van der Waals surface area (Å²) in [5.41, 5.74) is 0.151. The number of piperidine rings is 1. The molecule has 3 unspecified atom stereocenters. The fourth-order valence-corrected chi connectivity index (χ4v) is 4.82. The maximum atomic E-state index is 14.8. The van der Waals surface area contributed by atoms with Gasteiger partial charge in [0.15, 0.2) is 5.82 Å². The quantitative estimate of drug-likeness (QED) is 0.323. The van der Waals surface area contributed by atoms with E-state index in [2.05, 4.69) is 35.1 Å². The monoisotopic (exact) mass is 584 g/mol. The molecular weight excluding hydrogens is 565 g/mol. The Labute approximate surface area is 235 Å². The number of amides is 2. The molecule has 15 heteroatoms. The lowest BCUT2D eigenvalue weighted by Gasteiger charge is -2.17. The molecule has 1 aliphatic heterocycles. The van der Waals surface area contributed by atoms with Crippen molar-refractivity contribution in [1.82, 2.24) is 29.7 Å². The molecule has 2 aliphatic rings. The number of fused-ring (bicyclic) bond motifs is 1. The van der Waals surface area contributed by atoms with Gasteiger partial charge in [-0.3, -0.25) is 24.2 Å². The number of hydrogen-bond donors (Lipinski definition) is 1. The van der Waals surface area contributed by atoms with Crippen LogP contribution in [0.4, 0.5) is 24.8 Å². The summed E-state index contributed by atoms with van der Waals surface area (Å²) in [7, 11) is 0. The highest BCUT2D eigenvalue weighted by molar-refractivity contribution is 6.31. The summed E-state index contributed by atoms with van der Waals surface area (Å²) >= 11 is 5.83. The number of halogens is 4. The number of anilines is 2. The molecule has 6 rings (SSSR count). The minimum absolute atomic E-state index is 0.0677. The average molecular weight is 585 g/mol. The Morgan fingerprint density at radius 1 is 1.17 bits per heavy atom. The topological polar surface area (TPSA) is 128 Å². The second-order valence-corrected chi connectivity index (χ2v) is 10.0. The third kappa shape index (κ3) is 5.17. The molecule has 1 N–H and O–H groups in total. The van der Waals surface area contributed by atoms with Crippen molar-refractivity contribution in [3.63, 3.8) is 0 Å². The summed E-state index contributed by atoms with van der Waals surface area (Å²) in [6.45, 7) is -0.718. The summed E-state index contributed by atoms with van der Waals surface area (Å²) in [5, 5.41) is 6.56. The molecule has 3 atom stereocenters. The van der Waals surface area contributed by atoms with Gasteiger partial charge in [-0.1, -0.05) is 11.6 Å². The van der Waals surface area contributed by atoms with Gasteiger partial charge in [-0.15, -0.1) is 0 Å². The standard InChI is InChI=1S/C26H20ClF3N8O3/c1-12(14-5-32-26(33-6-14)37-10-13-4-16(13)24(37)40)38-11-15(7-34-38)35-23(39)19-9-31-8-18(36-19)21-20(41-25(29)30)3-2-17(27)22(21)28/h2-3,5-9,11-13,16,25H,4,10H2,1H3,(H,35,39). The van der Waals surface area contributed by atoms with Gasteiger partial charge in [0, 0.05) is 36.6 Å². The fourth-order valence-electron chi connectivity index (χ4n) is 4.67. The third-order valence-electron chi connectivity index (χ3n) is 6.96. The normalized spacial score (nSPS) is 18.4. The lowest BCUT2D eigenvalue weighted by atomic mass is 10.1. The Balaban J connectivity index is 1.16. The number of benzene rings is 1. The SMILES string of the molecule is CC(c1cnc(N2CC3CC3C2=O)nc1)n1cc(NC(=O)c2cncc(-c3c(OC(F)F)ccc(Cl)c3F)n2)cn1. The number of rotatable bonds is 8. The van der Waals surface area contributed by atoms with Crippen LogP contribution >= 0.6 is 11.6 Å². The zero-order chi connectivity index (χ0) is 28.8. The van der Waals surface area contributed by atoms with Gasteiger partial charge in [0.2, 0.25) is 11.9 Å². The van der Waals surface area contributed by atoms with E-state index in [-0.39, 0.29) is 34.3 Å². The van der Waals surface area contributed by atoms with E-state index >= 15 is 0 Å². The number of carbonyl (C=O) groups is 2. The number of hydrogen-bond acceptors (Lipinski definition) is 8. The molecule has 41 heavy (non-hydrogen) atoms. The maximum Gasteiger partial charge on any atom is 0.387 e. The van der Waals surface area contributed by atoms with Crippen LogP contribution in [0.25, 0.3) is 11.3 Å². The maximum absolute atomic E-state index is 14.8. The number of ether oxygens (including phenoxy) is 1. The number of aromatic nitrogens is 6. The van der Waals surface area contributed by atoms with E-state index in [1.54, 1.807) is 28.2 Å². The Kier molecular flexibility index (Phi) is 6.77. The largest absolute Gasteiger partial charge is 0.434 e. The average Bonchev–Trinajstić information content (AvgIpc) is 3.46. The van der Waals surface area contributed by atoms with E-state index in [1.807, 2.05) is 6.92 Å². The van der Waals surface area contributed by atoms with Crippen LogP contribution in [0.1, 0.15) is 35.4 Å². The molecular formula is C26H20ClF3N8O3. The first-order valence-corrected chi connectivity index (χ1v) is 12.8. The molecule has 1 aromatic carbocycles. The van der Waals surface area contributed by atoms with Crippen molar-refractivity contribution in [3.8, 4) is 17.0 Å². The minimum atomic E-state index is -3.23. The van der Waals surface area contributed by atoms with Crippen LogP contribution < -0.4 is 15.0 Å². The van der Waals surface area contributed by atoms with Crippen LogP contribution in [0.15, 0.2) is 49.3 Å². The highest BCUT2D eigenvalue weighted by Crippen LogP contribution is 2.46. The van der Waals surface area contributed by atoms with Crippen LogP contribution in [0, 0.1) is 17.7 Å². The van der Waals surface area contributed by atoms with Gasteiger partial charge in [-0.05, 0) is 31.4 Å². The molecule has 1 saturated heterocycles. The zero-order valence-corrected chi connectivity index (χ0v) is 22.0. The van der Waals surface area contributed by atoms with Crippen LogP contribution in [-0.4, -0.2) is 54.7 Å². The second-order valence-electron chi connectivity index (χ2n) is 9.61. The Hall–Kier alpha value is -4.59. The summed E-state index contributed by atoms with van der Waals surface area (Å²) in [5.74, 6) is -1.30. The van der Waals surface area contributed by atoms with Gasteiger partial charge in [0.25, 0.3) is 5.91 Å². The molecule has 0 spiro atoms. The highest BCUT2D eigenvalue weighted by Gasteiger charge is 2.53. The van der Waals surface area contributed by atoms with Gasteiger partial charge in [0.05, 0.1) is 46.6 Å². The molecule has 2 fully saturated rings. The lowest BCUT2D eigenvalue weighted by Crippen LogP contribution is -2.29. The van der Waals surface area contributed by atoms with Crippen molar-refractivity contribution in [1.29, 1.82) is 0 Å². The zero-order valence-electron chi connectivity index (χ0n) is 21.2. The molecule has 1 saturated carbocycles. The minimum Gasteiger partial charge on any atom is -0.434 e.